The standard InChI is InChI=1S/C23H24N2O3/c1-15-20(23(27)28-3)16(2)24-21(15)22(26)25-19(18-12-8-5-9-13-18)14-17-10-6-4-7-11-17/h4-13,19,24H,14H2,1-3H3,(H,25,26). The molecule has 1 heterocycles. The molecule has 1 atom stereocenters. The highest BCUT2D eigenvalue weighted by Gasteiger charge is 2.24. The number of ether oxygens (including phenoxy) is 1. The van der Waals surface area contributed by atoms with Crippen LogP contribution in [0.4, 0.5) is 0 Å². The highest BCUT2D eigenvalue weighted by atomic mass is 16.5. The first-order valence-corrected chi connectivity index (χ1v) is 9.18. The minimum atomic E-state index is -0.450. The van der Waals surface area contributed by atoms with E-state index in [1.165, 1.54) is 7.11 Å². The third-order valence-corrected chi connectivity index (χ3v) is 4.84. The SMILES string of the molecule is COC(=O)c1c(C)[nH]c(C(=O)NC(Cc2ccccc2)c2ccccc2)c1C. The highest BCUT2D eigenvalue weighted by Crippen LogP contribution is 2.22. The number of carbonyl (C=O) groups excluding carboxylic acids is 2. The van der Waals surface area contributed by atoms with E-state index in [0.29, 0.717) is 28.9 Å². The fourth-order valence-electron chi connectivity index (χ4n) is 3.40. The summed E-state index contributed by atoms with van der Waals surface area (Å²) in [5, 5.41) is 3.11. The summed E-state index contributed by atoms with van der Waals surface area (Å²) in [4.78, 5) is 28.1. The molecule has 144 valence electrons. The fraction of sp³-hybridized carbons (Fsp3) is 0.217. The Kier molecular flexibility index (Phi) is 5.94. The molecule has 28 heavy (non-hydrogen) atoms. The number of hydrogen-bond donors (Lipinski definition) is 2. The predicted molar refractivity (Wildman–Crippen MR) is 108 cm³/mol. The van der Waals surface area contributed by atoms with Crippen molar-refractivity contribution < 1.29 is 14.3 Å². The topological polar surface area (TPSA) is 71.2 Å². The summed E-state index contributed by atoms with van der Waals surface area (Å²) in [5.74, 6) is -0.699. The largest absolute Gasteiger partial charge is 0.465 e. The Morgan fingerprint density at radius 1 is 1.00 bits per heavy atom. The number of aryl methyl sites for hydroxylation is 1. The van der Waals surface area contributed by atoms with Crippen LogP contribution in [0.3, 0.4) is 0 Å². The van der Waals surface area contributed by atoms with Gasteiger partial charge in [-0.3, -0.25) is 4.79 Å². The second-order valence-corrected chi connectivity index (χ2v) is 6.74. The molecule has 1 unspecified atom stereocenters. The monoisotopic (exact) mass is 376 g/mol. The zero-order valence-corrected chi connectivity index (χ0v) is 16.3. The Bertz CT molecular complexity index is 962. The summed E-state index contributed by atoms with van der Waals surface area (Å²) in [5.41, 5.74) is 4.15. The molecule has 0 aliphatic rings. The molecule has 5 heteroatoms. The van der Waals surface area contributed by atoms with Crippen molar-refractivity contribution in [3.8, 4) is 0 Å². The van der Waals surface area contributed by atoms with Crippen molar-refractivity contribution in [1.29, 1.82) is 0 Å². The summed E-state index contributed by atoms with van der Waals surface area (Å²) >= 11 is 0. The molecule has 0 aliphatic carbocycles. The van der Waals surface area contributed by atoms with Crippen LogP contribution in [-0.4, -0.2) is 24.0 Å². The van der Waals surface area contributed by atoms with Crippen molar-refractivity contribution in [3.05, 3.63) is 94.3 Å². The second kappa shape index (κ2) is 8.57. The van der Waals surface area contributed by atoms with Crippen LogP contribution in [0.15, 0.2) is 60.7 Å². The van der Waals surface area contributed by atoms with Crippen LogP contribution in [0.5, 0.6) is 0 Å². The van der Waals surface area contributed by atoms with Gasteiger partial charge in [0.25, 0.3) is 5.91 Å². The summed E-state index contributed by atoms with van der Waals surface area (Å²) in [6.07, 6.45) is 0.666. The Hall–Kier alpha value is -3.34. The number of hydrogen-bond acceptors (Lipinski definition) is 3. The Morgan fingerprint density at radius 3 is 2.21 bits per heavy atom. The van der Waals surface area contributed by atoms with Crippen LogP contribution in [0, 0.1) is 13.8 Å². The molecule has 1 aromatic heterocycles. The maximum atomic E-state index is 13.0. The highest BCUT2D eigenvalue weighted by molar-refractivity contribution is 6.00. The van der Waals surface area contributed by atoms with Gasteiger partial charge in [-0.25, -0.2) is 4.79 Å². The molecule has 0 bridgehead atoms. The summed E-state index contributed by atoms with van der Waals surface area (Å²) in [6.45, 7) is 3.51. The van der Waals surface area contributed by atoms with Gasteiger partial charge in [0.15, 0.2) is 0 Å². The number of methoxy groups -OCH3 is 1. The van der Waals surface area contributed by atoms with Crippen LogP contribution >= 0.6 is 0 Å². The normalized spacial score (nSPS) is 11.7. The van der Waals surface area contributed by atoms with Gasteiger partial charge in [-0.15, -0.1) is 0 Å². The number of rotatable bonds is 6. The maximum Gasteiger partial charge on any atom is 0.339 e. The van der Waals surface area contributed by atoms with E-state index in [9.17, 15) is 9.59 Å². The molecule has 0 saturated heterocycles. The maximum absolute atomic E-state index is 13.0. The van der Waals surface area contributed by atoms with Crippen LogP contribution in [0.2, 0.25) is 0 Å². The van der Waals surface area contributed by atoms with E-state index >= 15 is 0 Å². The molecule has 0 radical (unpaired) electrons. The van der Waals surface area contributed by atoms with Crippen LogP contribution in [-0.2, 0) is 11.2 Å². The van der Waals surface area contributed by atoms with Gasteiger partial charge in [0.05, 0.1) is 18.7 Å². The van der Waals surface area contributed by atoms with Crippen LogP contribution < -0.4 is 5.32 Å². The Morgan fingerprint density at radius 2 is 1.61 bits per heavy atom. The van der Waals surface area contributed by atoms with Crippen molar-refractivity contribution in [3.63, 3.8) is 0 Å². The minimum absolute atomic E-state index is 0.194. The number of aromatic nitrogens is 1. The first-order chi connectivity index (χ1) is 13.5. The third-order valence-electron chi connectivity index (χ3n) is 4.84. The molecular formula is C23H24N2O3. The van der Waals surface area contributed by atoms with Gasteiger partial charge in [0.1, 0.15) is 5.69 Å². The van der Waals surface area contributed by atoms with E-state index in [1.54, 1.807) is 13.8 Å². The zero-order valence-electron chi connectivity index (χ0n) is 16.3. The number of esters is 1. The van der Waals surface area contributed by atoms with E-state index in [-0.39, 0.29) is 11.9 Å². The molecular weight excluding hydrogens is 352 g/mol. The molecule has 0 fully saturated rings. The van der Waals surface area contributed by atoms with Crippen molar-refractivity contribution in [2.75, 3.05) is 7.11 Å². The number of nitrogens with one attached hydrogen (secondary N) is 2. The van der Waals surface area contributed by atoms with E-state index in [4.69, 9.17) is 4.74 Å². The molecule has 0 spiro atoms. The van der Waals surface area contributed by atoms with Gasteiger partial charge in [-0.2, -0.15) is 0 Å². The molecule has 0 saturated carbocycles. The third kappa shape index (κ3) is 4.14. The van der Waals surface area contributed by atoms with Gasteiger partial charge in [0, 0.05) is 5.69 Å². The Labute approximate surface area is 164 Å². The van der Waals surface area contributed by atoms with Crippen LogP contribution in [0.25, 0.3) is 0 Å². The molecule has 3 rings (SSSR count). The lowest BCUT2D eigenvalue weighted by Gasteiger charge is -2.19. The smallest absolute Gasteiger partial charge is 0.339 e. The number of H-pyrrole nitrogens is 1. The molecule has 0 aliphatic heterocycles. The van der Waals surface area contributed by atoms with E-state index in [1.807, 2.05) is 60.7 Å². The van der Waals surface area contributed by atoms with Gasteiger partial charge in [0.2, 0.25) is 0 Å². The van der Waals surface area contributed by atoms with E-state index < -0.39 is 5.97 Å². The molecule has 5 nitrogen and oxygen atoms in total. The minimum Gasteiger partial charge on any atom is -0.465 e. The van der Waals surface area contributed by atoms with Gasteiger partial charge < -0.3 is 15.0 Å². The summed E-state index contributed by atoms with van der Waals surface area (Å²) in [6, 6.07) is 19.7. The van der Waals surface area contributed by atoms with E-state index in [2.05, 4.69) is 10.3 Å². The molecule has 2 aromatic carbocycles. The fourth-order valence-corrected chi connectivity index (χ4v) is 3.40. The van der Waals surface area contributed by atoms with Gasteiger partial charge in [-0.05, 0) is 37.0 Å². The lowest BCUT2D eigenvalue weighted by molar-refractivity contribution is 0.0599. The number of aromatic amines is 1. The lowest BCUT2D eigenvalue weighted by atomic mass is 9.98. The first-order valence-electron chi connectivity index (χ1n) is 9.18. The van der Waals surface area contributed by atoms with Crippen molar-refractivity contribution in [2.45, 2.75) is 26.3 Å². The molecule has 3 aromatic rings. The quantitative estimate of drug-likeness (QED) is 0.636. The summed E-state index contributed by atoms with van der Waals surface area (Å²) in [7, 11) is 1.33. The number of amides is 1. The first kappa shape index (κ1) is 19.4. The van der Waals surface area contributed by atoms with Crippen molar-refractivity contribution >= 4 is 11.9 Å². The number of benzene rings is 2. The molecule has 2 N–H and O–H groups in total. The van der Waals surface area contributed by atoms with E-state index in [0.717, 1.165) is 11.1 Å². The average molecular weight is 376 g/mol. The lowest BCUT2D eigenvalue weighted by Crippen LogP contribution is -2.30. The van der Waals surface area contributed by atoms with Gasteiger partial charge in [-0.1, -0.05) is 60.7 Å². The van der Waals surface area contributed by atoms with Crippen molar-refractivity contribution in [2.24, 2.45) is 0 Å². The second-order valence-electron chi connectivity index (χ2n) is 6.74. The number of carbonyl (C=O) groups is 2. The van der Waals surface area contributed by atoms with Crippen LogP contribution in [0.1, 0.15) is 49.3 Å². The predicted octanol–water partition coefficient (Wildman–Crippen LogP) is 4.13. The van der Waals surface area contributed by atoms with Crippen molar-refractivity contribution in [1.82, 2.24) is 10.3 Å². The molecule has 1 amide bonds. The summed E-state index contributed by atoms with van der Waals surface area (Å²) < 4.78 is 4.83. The average Bonchev–Trinajstić information content (AvgIpc) is 3.02. The zero-order chi connectivity index (χ0) is 20.1. The Balaban J connectivity index is 1.89. The van der Waals surface area contributed by atoms with Gasteiger partial charge >= 0.3 is 5.97 Å².